The molecule has 0 aromatic carbocycles. The summed E-state index contributed by atoms with van der Waals surface area (Å²) in [7, 11) is 0. The number of aromatic nitrogens is 2. The third-order valence-corrected chi connectivity index (χ3v) is 1.97. The van der Waals surface area contributed by atoms with E-state index in [0.717, 1.165) is 6.42 Å². The van der Waals surface area contributed by atoms with E-state index in [2.05, 4.69) is 14.7 Å². The molecule has 1 aromatic heterocycles. The molecule has 0 radical (unpaired) electrons. The quantitative estimate of drug-likeness (QED) is 0.724. The number of allylic oxidation sites excluding steroid dienone is 4. The molecule has 6 heteroatoms. The van der Waals surface area contributed by atoms with E-state index in [0.29, 0.717) is 12.0 Å². The summed E-state index contributed by atoms with van der Waals surface area (Å²) in [6.07, 6.45) is 2.22. The molecule has 3 nitrogen and oxygen atoms in total. The lowest BCUT2D eigenvalue weighted by Crippen LogP contribution is -2.05. The van der Waals surface area contributed by atoms with Crippen LogP contribution in [-0.2, 0) is 6.18 Å². The number of rotatable bonds is 1. The SMILES string of the molecule is FC(F)(F)c1nc(C2=CC=CCC2)no1. The van der Waals surface area contributed by atoms with Crippen LogP contribution in [0.15, 0.2) is 22.8 Å². The van der Waals surface area contributed by atoms with Crippen LogP contribution in [0.1, 0.15) is 24.6 Å². The van der Waals surface area contributed by atoms with E-state index in [1.54, 1.807) is 12.2 Å². The summed E-state index contributed by atoms with van der Waals surface area (Å²) >= 11 is 0. The van der Waals surface area contributed by atoms with Crippen molar-refractivity contribution in [2.75, 3.05) is 0 Å². The molecule has 0 saturated carbocycles. The van der Waals surface area contributed by atoms with Gasteiger partial charge in [-0.1, -0.05) is 23.4 Å². The van der Waals surface area contributed by atoms with Gasteiger partial charge in [-0.05, 0) is 12.8 Å². The summed E-state index contributed by atoms with van der Waals surface area (Å²) in [5.74, 6) is -1.28. The Hall–Kier alpha value is -1.59. The smallest absolute Gasteiger partial charge is 0.329 e. The summed E-state index contributed by atoms with van der Waals surface area (Å²) in [6, 6.07) is 0. The zero-order valence-electron chi connectivity index (χ0n) is 7.58. The van der Waals surface area contributed by atoms with E-state index < -0.39 is 12.1 Å². The van der Waals surface area contributed by atoms with Crippen LogP contribution in [0.3, 0.4) is 0 Å². The van der Waals surface area contributed by atoms with Gasteiger partial charge in [-0.25, -0.2) is 0 Å². The highest BCUT2D eigenvalue weighted by Crippen LogP contribution is 2.29. The van der Waals surface area contributed by atoms with E-state index in [1.807, 2.05) is 6.08 Å². The molecule has 1 aliphatic carbocycles. The number of hydrogen-bond acceptors (Lipinski definition) is 3. The van der Waals surface area contributed by atoms with Crippen molar-refractivity contribution in [2.45, 2.75) is 19.0 Å². The van der Waals surface area contributed by atoms with Crippen LogP contribution in [0.25, 0.3) is 5.57 Å². The van der Waals surface area contributed by atoms with Gasteiger partial charge in [0, 0.05) is 5.57 Å². The van der Waals surface area contributed by atoms with Crippen molar-refractivity contribution >= 4 is 5.57 Å². The number of hydrogen-bond donors (Lipinski definition) is 0. The molecule has 80 valence electrons. The van der Waals surface area contributed by atoms with Crippen molar-refractivity contribution in [3.63, 3.8) is 0 Å². The van der Waals surface area contributed by atoms with Gasteiger partial charge >= 0.3 is 12.1 Å². The van der Waals surface area contributed by atoms with Gasteiger partial charge in [0.1, 0.15) is 0 Å². The molecule has 0 bridgehead atoms. The van der Waals surface area contributed by atoms with Crippen LogP contribution in [-0.4, -0.2) is 10.1 Å². The molecular formula is C9H7F3N2O. The summed E-state index contributed by atoms with van der Waals surface area (Å²) in [4.78, 5) is 3.30. The lowest BCUT2D eigenvalue weighted by molar-refractivity contribution is -0.159. The fraction of sp³-hybridized carbons (Fsp3) is 0.333. The third kappa shape index (κ3) is 2.08. The van der Waals surface area contributed by atoms with E-state index in [9.17, 15) is 13.2 Å². The van der Waals surface area contributed by atoms with Gasteiger partial charge in [-0.2, -0.15) is 18.2 Å². The van der Waals surface area contributed by atoms with Gasteiger partial charge < -0.3 is 4.52 Å². The maximum atomic E-state index is 12.1. The Morgan fingerprint density at radius 3 is 2.67 bits per heavy atom. The van der Waals surface area contributed by atoms with Crippen molar-refractivity contribution in [2.24, 2.45) is 0 Å². The van der Waals surface area contributed by atoms with Gasteiger partial charge in [0.05, 0.1) is 0 Å². The average molecular weight is 216 g/mol. The Labute approximate surface area is 83.3 Å². The zero-order valence-corrected chi connectivity index (χ0v) is 7.58. The molecule has 0 fully saturated rings. The van der Waals surface area contributed by atoms with Gasteiger partial charge in [0.15, 0.2) is 5.82 Å². The van der Waals surface area contributed by atoms with Crippen molar-refractivity contribution < 1.29 is 17.7 Å². The lowest BCUT2D eigenvalue weighted by atomic mass is 10.1. The Balaban J connectivity index is 2.27. The first-order chi connectivity index (χ1) is 7.07. The largest absolute Gasteiger partial charge is 0.471 e. The molecule has 0 saturated heterocycles. The fourth-order valence-electron chi connectivity index (χ4n) is 1.26. The van der Waals surface area contributed by atoms with Crippen LogP contribution < -0.4 is 0 Å². The Kier molecular flexibility index (Phi) is 2.34. The predicted octanol–water partition coefficient (Wildman–Crippen LogP) is 2.82. The highest BCUT2D eigenvalue weighted by Gasteiger charge is 2.38. The second kappa shape index (κ2) is 3.52. The normalized spacial score (nSPS) is 16.6. The molecule has 0 amide bonds. The average Bonchev–Trinajstić information content (AvgIpc) is 2.67. The van der Waals surface area contributed by atoms with Crippen LogP contribution in [0.2, 0.25) is 0 Å². The molecule has 0 N–H and O–H groups in total. The molecule has 1 aromatic rings. The Bertz CT molecular complexity index is 417. The van der Waals surface area contributed by atoms with E-state index >= 15 is 0 Å². The monoisotopic (exact) mass is 216 g/mol. The van der Waals surface area contributed by atoms with Gasteiger partial charge in [0.25, 0.3) is 0 Å². The standard InChI is InChI=1S/C9H7F3N2O/c10-9(11,12)8-13-7(14-15-8)6-4-2-1-3-5-6/h1-2,4H,3,5H2. The molecule has 0 aliphatic heterocycles. The van der Waals surface area contributed by atoms with Gasteiger partial charge in [-0.15, -0.1) is 0 Å². The summed E-state index contributed by atoms with van der Waals surface area (Å²) in [5, 5.41) is 3.30. The van der Waals surface area contributed by atoms with E-state index in [-0.39, 0.29) is 5.82 Å². The van der Waals surface area contributed by atoms with Gasteiger partial charge in [-0.3, -0.25) is 0 Å². The Morgan fingerprint density at radius 2 is 2.13 bits per heavy atom. The van der Waals surface area contributed by atoms with Crippen LogP contribution in [0.5, 0.6) is 0 Å². The Morgan fingerprint density at radius 1 is 1.33 bits per heavy atom. The van der Waals surface area contributed by atoms with Crippen molar-refractivity contribution in [3.8, 4) is 0 Å². The molecular weight excluding hydrogens is 209 g/mol. The van der Waals surface area contributed by atoms with E-state index in [1.165, 1.54) is 0 Å². The highest BCUT2D eigenvalue weighted by molar-refractivity contribution is 5.62. The minimum absolute atomic E-state index is 0.0201. The number of alkyl halides is 3. The van der Waals surface area contributed by atoms with Crippen LogP contribution in [0, 0.1) is 0 Å². The molecule has 2 rings (SSSR count). The third-order valence-electron chi connectivity index (χ3n) is 1.97. The molecule has 1 heterocycles. The summed E-state index contributed by atoms with van der Waals surface area (Å²) < 4.78 is 40.5. The highest BCUT2D eigenvalue weighted by atomic mass is 19.4. The number of nitrogens with zero attached hydrogens (tertiary/aromatic N) is 2. The zero-order chi connectivity index (χ0) is 10.9. The predicted molar refractivity (Wildman–Crippen MR) is 45.7 cm³/mol. The van der Waals surface area contributed by atoms with Crippen LogP contribution >= 0.6 is 0 Å². The molecule has 1 aliphatic rings. The summed E-state index contributed by atoms with van der Waals surface area (Å²) in [6.45, 7) is 0. The second-order valence-corrected chi connectivity index (χ2v) is 3.08. The maximum Gasteiger partial charge on any atom is 0.471 e. The first kappa shape index (κ1) is 9.95. The van der Waals surface area contributed by atoms with Gasteiger partial charge in [0.2, 0.25) is 0 Å². The molecule has 15 heavy (non-hydrogen) atoms. The van der Waals surface area contributed by atoms with Crippen molar-refractivity contribution in [1.82, 2.24) is 10.1 Å². The minimum atomic E-state index is -4.57. The topological polar surface area (TPSA) is 38.9 Å². The first-order valence-corrected chi connectivity index (χ1v) is 4.34. The maximum absolute atomic E-state index is 12.1. The number of halogens is 3. The fourth-order valence-corrected chi connectivity index (χ4v) is 1.26. The van der Waals surface area contributed by atoms with Crippen molar-refractivity contribution in [1.29, 1.82) is 0 Å². The lowest BCUT2D eigenvalue weighted by Gasteiger charge is -2.02. The molecule has 0 atom stereocenters. The first-order valence-electron chi connectivity index (χ1n) is 4.34. The van der Waals surface area contributed by atoms with Crippen LogP contribution in [0.4, 0.5) is 13.2 Å². The molecule has 0 spiro atoms. The van der Waals surface area contributed by atoms with Crippen molar-refractivity contribution in [3.05, 3.63) is 29.9 Å². The molecule has 0 unspecified atom stereocenters. The van der Waals surface area contributed by atoms with E-state index in [4.69, 9.17) is 0 Å². The minimum Gasteiger partial charge on any atom is -0.329 e. The summed E-state index contributed by atoms with van der Waals surface area (Å²) in [5.41, 5.74) is 0.664. The second-order valence-electron chi connectivity index (χ2n) is 3.08.